The zero-order chi connectivity index (χ0) is 18.7. The number of hydrogen-bond donors (Lipinski definition) is 6. The summed E-state index contributed by atoms with van der Waals surface area (Å²) in [5, 5.41) is 39.6. The van der Waals surface area contributed by atoms with Gasteiger partial charge in [0.05, 0.1) is 11.6 Å². The Morgan fingerprint density at radius 2 is 1.92 bits per heavy atom. The lowest BCUT2D eigenvalue weighted by Gasteiger charge is -2.31. The monoisotopic (exact) mass is 369 g/mol. The van der Waals surface area contributed by atoms with Crippen molar-refractivity contribution < 1.29 is 34.8 Å². The van der Waals surface area contributed by atoms with E-state index in [-0.39, 0.29) is 23.6 Å². The molecule has 1 aromatic rings. The van der Waals surface area contributed by atoms with E-state index in [2.05, 4.69) is 4.76 Å². The van der Waals surface area contributed by atoms with Crippen molar-refractivity contribution in [3.05, 3.63) is 53.8 Å². The van der Waals surface area contributed by atoms with Gasteiger partial charge in [-0.2, -0.15) is 4.76 Å². The third kappa shape index (κ3) is 5.81. The van der Waals surface area contributed by atoms with Crippen molar-refractivity contribution >= 4 is 13.5 Å². The number of phenolic OH excluding ortho intramolecular Hbond substituents is 1. The normalized spacial score (nSPS) is 19.9. The van der Waals surface area contributed by atoms with Gasteiger partial charge in [0.15, 0.2) is 5.79 Å². The van der Waals surface area contributed by atoms with Gasteiger partial charge in [-0.15, -0.1) is 0 Å². The molecule has 0 radical (unpaired) electrons. The van der Waals surface area contributed by atoms with Crippen molar-refractivity contribution in [1.82, 2.24) is 0 Å². The fourth-order valence-corrected chi connectivity index (χ4v) is 3.12. The molecule has 6 N–H and O–H groups in total. The molecule has 0 saturated carbocycles. The Kier molecular flexibility index (Phi) is 5.82. The number of aryl methyl sites for hydroxylation is 1. The molecular formula is C16H20NO7P. The number of hydrogen-bond acceptors (Lipinski definition) is 5. The highest BCUT2D eigenvalue weighted by molar-refractivity contribution is 7.50. The van der Waals surface area contributed by atoms with E-state index in [9.17, 15) is 25.0 Å². The highest BCUT2D eigenvalue weighted by atomic mass is 31.2. The maximum absolute atomic E-state index is 11.1. The van der Waals surface area contributed by atoms with Crippen LogP contribution in [-0.2, 0) is 11.0 Å². The van der Waals surface area contributed by atoms with Crippen LogP contribution in [0.3, 0.4) is 0 Å². The summed E-state index contributed by atoms with van der Waals surface area (Å²) >= 11 is 0. The largest absolute Gasteiger partial charge is 0.508 e. The molecule has 0 heterocycles. The molecule has 0 spiro atoms. The van der Waals surface area contributed by atoms with Gasteiger partial charge in [-0.3, -0.25) is 0 Å². The number of phenols is 1. The molecule has 0 aliphatic heterocycles. The molecule has 1 aromatic carbocycles. The molecule has 0 amide bonds. The Balaban J connectivity index is 2.10. The Labute approximate surface area is 144 Å². The van der Waals surface area contributed by atoms with E-state index in [4.69, 9.17) is 9.79 Å². The van der Waals surface area contributed by atoms with Gasteiger partial charge in [-0.1, -0.05) is 18.2 Å². The molecule has 0 aromatic heterocycles. The van der Waals surface area contributed by atoms with Crippen molar-refractivity contribution in [2.75, 3.05) is 0 Å². The van der Waals surface area contributed by atoms with Crippen LogP contribution in [-0.4, -0.2) is 41.7 Å². The van der Waals surface area contributed by atoms with Crippen LogP contribution in [0.15, 0.2) is 53.0 Å². The van der Waals surface area contributed by atoms with Crippen molar-refractivity contribution in [3.63, 3.8) is 0 Å². The van der Waals surface area contributed by atoms with Gasteiger partial charge >= 0.3 is 7.75 Å². The number of rotatable bonds is 6. The molecule has 8 nitrogen and oxygen atoms in total. The lowest BCUT2D eigenvalue weighted by molar-refractivity contribution is -0.179. The quantitative estimate of drug-likeness (QED) is 0.329. The topological polar surface area (TPSA) is 151 Å². The Morgan fingerprint density at radius 3 is 2.56 bits per heavy atom. The van der Waals surface area contributed by atoms with Gasteiger partial charge in [-0.05, 0) is 36.6 Å². The van der Waals surface area contributed by atoms with Crippen LogP contribution in [0.4, 0.5) is 0 Å². The summed E-state index contributed by atoms with van der Waals surface area (Å²) in [6.07, 6.45) is 4.14. The lowest BCUT2D eigenvalue weighted by atomic mass is 9.86. The first-order valence-corrected chi connectivity index (χ1v) is 9.10. The molecular weight excluding hydrogens is 349 g/mol. The number of benzene rings is 1. The summed E-state index contributed by atoms with van der Waals surface area (Å²) in [5.41, 5.74) is 0.507. The second kappa shape index (κ2) is 7.51. The predicted octanol–water partition coefficient (Wildman–Crippen LogP) is 1.56. The highest BCUT2D eigenvalue weighted by Crippen LogP contribution is 2.39. The zero-order valence-electron chi connectivity index (χ0n) is 13.2. The number of nitrogens with zero attached hydrogens (tertiary/aromatic N) is 1. The summed E-state index contributed by atoms with van der Waals surface area (Å²) in [4.78, 5) is 18.0. The maximum atomic E-state index is 11.1. The van der Waals surface area contributed by atoms with E-state index in [1.165, 1.54) is 18.2 Å². The van der Waals surface area contributed by atoms with Gasteiger partial charge in [0.25, 0.3) is 0 Å². The zero-order valence-corrected chi connectivity index (χ0v) is 14.1. The van der Waals surface area contributed by atoms with Crippen LogP contribution in [0.2, 0.25) is 0 Å². The average Bonchev–Trinajstić information content (AvgIpc) is 2.45. The summed E-state index contributed by atoms with van der Waals surface area (Å²) in [6, 6.07) is 6.57. The summed E-state index contributed by atoms with van der Waals surface area (Å²) in [6.45, 7) is 0. The van der Waals surface area contributed by atoms with Gasteiger partial charge in [0.2, 0.25) is 0 Å². The van der Waals surface area contributed by atoms with Gasteiger partial charge in [0, 0.05) is 12.5 Å². The second-order valence-corrected chi connectivity index (χ2v) is 7.07. The number of aromatic hydroxyl groups is 1. The van der Waals surface area contributed by atoms with Crippen LogP contribution in [0.5, 0.6) is 5.75 Å². The van der Waals surface area contributed by atoms with Crippen molar-refractivity contribution in [1.29, 1.82) is 0 Å². The molecule has 9 heteroatoms. The van der Waals surface area contributed by atoms with E-state index in [1.807, 2.05) is 0 Å². The second-order valence-electron chi connectivity index (χ2n) is 5.85. The SMILES string of the molecule is O=P(O)(O)/N=C1\C=C(O)C=CC1C(O)(O)CCCc1cccc(O)c1. The third-order valence-electron chi connectivity index (χ3n) is 3.74. The van der Waals surface area contributed by atoms with Gasteiger partial charge < -0.3 is 30.2 Å². The van der Waals surface area contributed by atoms with Crippen LogP contribution in [0.1, 0.15) is 18.4 Å². The van der Waals surface area contributed by atoms with Crippen molar-refractivity contribution in [2.24, 2.45) is 10.7 Å². The first-order valence-electron chi connectivity index (χ1n) is 7.54. The van der Waals surface area contributed by atoms with E-state index in [0.717, 1.165) is 11.6 Å². The molecule has 1 atom stereocenters. The minimum atomic E-state index is -4.80. The molecule has 0 bridgehead atoms. The molecule has 136 valence electrons. The van der Waals surface area contributed by atoms with Crippen molar-refractivity contribution in [2.45, 2.75) is 25.0 Å². The fraction of sp³-hybridized carbons (Fsp3) is 0.312. The van der Waals surface area contributed by atoms with Crippen LogP contribution < -0.4 is 0 Å². The first-order chi connectivity index (χ1) is 11.6. The Hall–Kier alpha value is -1.96. The van der Waals surface area contributed by atoms with E-state index < -0.39 is 19.5 Å². The Bertz CT molecular complexity index is 764. The molecule has 1 aliphatic rings. The average molecular weight is 369 g/mol. The lowest BCUT2D eigenvalue weighted by Crippen LogP contribution is -2.41. The molecule has 0 saturated heterocycles. The van der Waals surface area contributed by atoms with Crippen molar-refractivity contribution in [3.8, 4) is 5.75 Å². The number of aliphatic hydroxyl groups is 3. The number of aliphatic hydroxyl groups excluding tert-OH is 1. The minimum Gasteiger partial charge on any atom is -0.508 e. The molecule has 2 rings (SSSR count). The van der Waals surface area contributed by atoms with Crippen LogP contribution >= 0.6 is 7.75 Å². The highest BCUT2D eigenvalue weighted by Gasteiger charge is 2.37. The molecule has 1 aliphatic carbocycles. The third-order valence-corrected chi connectivity index (χ3v) is 4.23. The fourth-order valence-electron chi connectivity index (χ4n) is 2.64. The predicted molar refractivity (Wildman–Crippen MR) is 91.0 cm³/mol. The Morgan fingerprint density at radius 1 is 1.20 bits per heavy atom. The molecule has 25 heavy (non-hydrogen) atoms. The van der Waals surface area contributed by atoms with E-state index >= 15 is 0 Å². The summed E-state index contributed by atoms with van der Waals surface area (Å²) < 4.78 is 14.3. The smallest absolute Gasteiger partial charge is 0.448 e. The minimum absolute atomic E-state index is 0.105. The molecule has 0 fully saturated rings. The maximum Gasteiger partial charge on any atom is 0.448 e. The first kappa shape index (κ1) is 19.4. The summed E-state index contributed by atoms with van der Waals surface area (Å²) in [7, 11) is -4.80. The standard InChI is InChI=1S/C16H20NO7P/c18-12-5-1-3-11(9-12)4-2-8-16(20,21)14-7-6-13(19)10-15(14)17-25(22,23)24/h1,3,5-7,9-10,14,18-21H,2,4,8H2,(H2,22,23,24)/b17-15+. The van der Waals surface area contributed by atoms with E-state index in [1.54, 1.807) is 18.2 Å². The van der Waals surface area contributed by atoms with Gasteiger partial charge in [-0.25, -0.2) is 4.57 Å². The van der Waals surface area contributed by atoms with Crippen LogP contribution in [0.25, 0.3) is 0 Å². The number of allylic oxidation sites excluding steroid dienone is 2. The summed E-state index contributed by atoms with van der Waals surface area (Å²) in [5.74, 6) is -3.68. The van der Waals surface area contributed by atoms with Crippen LogP contribution in [0, 0.1) is 5.92 Å². The van der Waals surface area contributed by atoms with Gasteiger partial charge in [0.1, 0.15) is 11.5 Å². The molecule has 1 unspecified atom stereocenters. The van der Waals surface area contributed by atoms with E-state index in [0.29, 0.717) is 12.8 Å².